The van der Waals surface area contributed by atoms with Crippen molar-refractivity contribution in [3.05, 3.63) is 5.69 Å². The summed E-state index contributed by atoms with van der Waals surface area (Å²) in [4.78, 5) is 13.8. The van der Waals surface area contributed by atoms with Gasteiger partial charge < -0.3 is 14.4 Å². The van der Waals surface area contributed by atoms with Gasteiger partial charge >= 0.3 is 5.97 Å². The Morgan fingerprint density at radius 1 is 1.50 bits per heavy atom. The molecule has 1 saturated heterocycles. The highest BCUT2D eigenvalue weighted by Gasteiger charge is 2.28. The van der Waals surface area contributed by atoms with Crippen LogP contribution >= 0.6 is 11.5 Å². The Morgan fingerprint density at radius 2 is 2.17 bits per heavy atom. The third kappa shape index (κ3) is 2.78. The van der Waals surface area contributed by atoms with E-state index >= 15 is 0 Å². The van der Waals surface area contributed by atoms with E-state index in [1.54, 1.807) is 6.92 Å². The summed E-state index contributed by atoms with van der Waals surface area (Å²) in [7, 11) is 0. The first-order chi connectivity index (χ1) is 8.61. The third-order valence-corrected chi connectivity index (χ3v) is 3.43. The smallest absolute Gasteiger partial charge is 0.362 e. The van der Waals surface area contributed by atoms with Crippen LogP contribution in [0.4, 0.5) is 5.00 Å². The maximum atomic E-state index is 11.8. The molecule has 18 heavy (non-hydrogen) atoms. The van der Waals surface area contributed by atoms with Crippen LogP contribution in [0.15, 0.2) is 0 Å². The van der Waals surface area contributed by atoms with Crippen LogP contribution in [0.2, 0.25) is 0 Å². The molecule has 0 aromatic carbocycles. The van der Waals surface area contributed by atoms with Crippen molar-refractivity contribution < 1.29 is 14.3 Å². The summed E-state index contributed by atoms with van der Waals surface area (Å²) in [5.74, 6) is -0.409. The minimum atomic E-state index is -0.409. The molecule has 0 spiro atoms. The standard InChI is InChI=1S/C11H17N3O3S/c1-4-16-11(15)9-10(18-13-12-9)14-5-7(2)17-8(3)6-14/h7-8H,4-6H2,1-3H3/t7-,8-/m1/s1. The molecule has 0 unspecified atom stereocenters. The number of aromatic nitrogens is 2. The Labute approximate surface area is 110 Å². The monoisotopic (exact) mass is 271 g/mol. The summed E-state index contributed by atoms with van der Waals surface area (Å²) in [5, 5.41) is 4.65. The topological polar surface area (TPSA) is 64.5 Å². The zero-order chi connectivity index (χ0) is 13.1. The first-order valence-electron chi connectivity index (χ1n) is 6.01. The van der Waals surface area contributed by atoms with E-state index in [9.17, 15) is 4.79 Å². The number of carbonyl (C=O) groups excluding carboxylic acids is 1. The van der Waals surface area contributed by atoms with E-state index in [0.29, 0.717) is 12.3 Å². The Morgan fingerprint density at radius 3 is 2.78 bits per heavy atom. The van der Waals surface area contributed by atoms with Crippen LogP contribution in [0, 0.1) is 0 Å². The van der Waals surface area contributed by atoms with Gasteiger partial charge in [-0.05, 0) is 20.8 Å². The molecule has 1 aliphatic heterocycles. The molecular formula is C11H17N3O3S. The normalized spacial score (nSPS) is 24.1. The summed E-state index contributed by atoms with van der Waals surface area (Å²) in [6, 6.07) is 0. The number of nitrogens with zero attached hydrogens (tertiary/aromatic N) is 3. The molecule has 6 nitrogen and oxygen atoms in total. The molecule has 1 aliphatic rings. The highest BCUT2D eigenvalue weighted by Crippen LogP contribution is 2.27. The van der Waals surface area contributed by atoms with Crippen molar-refractivity contribution in [2.45, 2.75) is 33.0 Å². The molecule has 1 aromatic rings. The predicted molar refractivity (Wildman–Crippen MR) is 68.1 cm³/mol. The fourth-order valence-corrected chi connectivity index (χ4v) is 2.74. The summed E-state index contributed by atoms with van der Waals surface area (Å²) in [6.45, 7) is 7.62. The molecule has 2 heterocycles. The molecule has 0 amide bonds. The molecule has 1 aromatic heterocycles. The van der Waals surface area contributed by atoms with Gasteiger partial charge in [-0.15, -0.1) is 5.10 Å². The van der Waals surface area contributed by atoms with Crippen molar-refractivity contribution in [2.24, 2.45) is 0 Å². The number of morpholine rings is 1. The Balaban J connectivity index is 2.18. The highest BCUT2D eigenvalue weighted by atomic mass is 32.1. The van der Waals surface area contributed by atoms with Gasteiger partial charge in [0.2, 0.25) is 5.69 Å². The van der Waals surface area contributed by atoms with Crippen molar-refractivity contribution in [1.29, 1.82) is 0 Å². The molecule has 2 atom stereocenters. The molecule has 0 radical (unpaired) electrons. The van der Waals surface area contributed by atoms with Crippen molar-refractivity contribution >= 4 is 22.5 Å². The lowest BCUT2D eigenvalue weighted by Crippen LogP contribution is -2.45. The van der Waals surface area contributed by atoms with Crippen molar-refractivity contribution in [3.63, 3.8) is 0 Å². The molecule has 2 rings (SSSR count). The maximum Gasteiger partial charge on any atom is 0.362 e. The molecular weight excluding hydrogens is 254 g/mol. The van der Waals surface area contributed by atoms with Crippen LogP contribution in [0.1, 0.15) is 31.3 Å². The number of anilines is 1. The van der Waals surface area contributed by atoms with Crippen molar-refractivity contribution in [3.8, 4) is 0 Å². The number of carbonyl (C=O) groups is 1. The van der Waals surface area contributed by atoms with E-state index in [4.69, 9.17) is 9.47 Å². The van der Waals surface area contributed by atoms with Gasteiger partial charge in [-0.3, -0.25) is 0 Å². The summed E-state index contributed by atoms with van der Waals surface area (Å²) < 4.78 is 14.5. The number of hydrogen-bond donors (Lipinski definition) is 0. The second-order valence-electron chi connectivity index (χ2n) is 4.31. The number of hydrogen-bond acceptors (Lipinski definition) is 7. The van der Waals surface area contributed by atoms with Crippen LogP contribution in [0.5, 0.6) is 0 Å². The molecule has 1 fully saturated rings. The zero-order valence-corrected chi connectivity index (χ0v) is 11.6. The van der Waals surface area contributed by atoms with Gasteiger partial charge in [0.25, 0.3) is 0 Å². The van der Waals surface area contributed by atoms with Gasteiger partial charge in [0.05, 0.1) is 18.8 Å². The average molecular weight is 271 g/mol. The lowest BCUT2D eigenvalue weighted by molar-refractivity contribution is -0.00515. The predicted octanol–water partition coefficient (Wildman–Crippen LogP) is 1.33. The van der Waals surface area contributed by atoms with Gasteiger partial charge in [-0.25, -0.2) is 4.79 Å². The zero-order valence-electron chi connectivity index (χ0n) is 10.8. The van der Waals surface area contributed by atoms with Crippen molar-refractivity contribution in [1.82, 2.24) is 9.59 Å². The van der Waals surface area contributed by atoms with E-state index < -0.39 is 5.97 Å². The molecule has 0 aliphatic carbocycles. The minimum absolute atomic E-state index is 0.130. The van der Waals surface area contributed by atoms with Crippen LogP contribution in [0.25, 0.3) is 0 Å². The fourth-order valence-electron chi connectivity index (χ4n) is 2.06. The van der Waals surface area contributed by atoms with Gasteiger partial charge in [-0.2, -0.15) is 0 Å². The molecule has 7 heteroatoms. The van der Waals surface area contributed by atoms with E-state index in [0.717, 1.165) is 18.1 Å². The molecule has 0 saturated carbocycles. The number of esters is 1. The molecule has 100 valence electrons. The highest BCUT2D eigenvalue weighted by molar-refractivity contribution is 7.10. The number of ether oxygens (including phenoxy) is 2. The largest absolute Gasteiger partial charge is 0.461 e. The minimum Gasteiger partial charge on any atom is -0.461 e. The second-order valence-corrected chi connectivity index (χ2v) is 5.04. The quantitative estimate of drug-likeness (QED) is 0.773. The van der Waals surface area contributed by atoms with Crippen LogP contribution in [-0.4, -0.2) is 47.5 Å². The Bertz CT molecular complexity index is 413. The van der Waals surface area contributed by atoms with Crippen molar-refractivity contribution in [2.75, 3.05) is 24.6 Å². The van der Waals surface area contributed by atoms with E-state index in [1.165, 1.54) is 11.5 Å². The molecule has 0 bridgehead atoms. The Kier molecular flexibility index (Phi) is 4.13. The maximum absolute atomic E-state index is 11.8. The van der Waals surface area contributed by atoms with Gasteiger partial charge in [-0.1, -0.05) is 4.49 Å². The van der Waals surface area contributed by atoms with Crippen LogP contribution < -0.4 is 4.90 Å². The average Bonchev–Trinajstić information content (AvgIpc) is 2.76. The van der Waals surface area contributed by atoms with Crippen LogP contribution in [-0.2, 0) is 9.47 Å². The van der Waals surface area contributed by atoms with E-state index in [1.807, 2.05) is 13.8 Å². The third-order valence-electron chi connectivity index (χ3n) is 2.65. The Hall–Kier alpha value is -1.21. The van der Waals surface area contributed by atoms with Gasteiger partial charge in [0.1, 0.15) is 5.00 Å². The second kappa shape index (κ2) is 5.62. The first-order valence-corrected chi connectivity index (χ1v) is 6.79. The number of rotatable bonds is 3. The summed E-state index contributed by atoms with van der Waals surface area (Å²) in [6.07, 6.45) is 0.261. The van der Waals surface area contributed by atoms with Gasteiger partial charge in [0.15, 0.2) is 0 Å². The SMILES string of the molecule is CCOC(=O)c1nnsc1N1C[C@@H](C)O[C@H](C)C1. The fraction of sp³-hybridized carbons (Fsp3) is 0.727. The summed E-state index contributed by atoms with van der Waals surface area (Å²) >= 11 is 1.22. The lowest BCUT2D eigenvalue weighted by Gasteiger charge is -2.35. The first kappa shape index (κ1) is 13.2. The van der Waals surface area contributed by atoms with E-state index in [2.05, 4.69) is 14.5 Å². The summed E-state index contributed by atoms with van der Waals surface area (Å²) in [5.41, 5.74) is 0.308. The lowest BCUT2D eigenvalue weighted by atomic mass is 10.2. The van der Waals surface area contributed by atoms with Gasteiger partial charge in [0, 0.05) is 24.6 Å². The van der Waals surface area contributed by atoms with E-state index in [-0.39, 0.29) is 12.2 Å². The molecule has 0 N–H and O–H groups in total. The van der Waals surface area contributed by atoms with Crippen LogP contribution in [0.3, 0.4) is 0 Å².